The van der Waals surface area contributed by atoms with Crippen LogP contribution in [-0.4, -0.2) is 24.4 Å². The first-order valence-corrected chi connectivity index (χ1v) is 5.21. The first-order valence-electron chi connectivity index (χ1n) is 5.21. The number of carbonyl (C=O) groups excluding carboxylic acids is 1. The molecule has 0 saturated heterocycles. The molecule has 0 saturated carbocycles. The zero-order valence-electron chi connectivity index (χ0n) is 9.18. The molecule has 0 unspecified atom stereocenters. The Balaban J connectivity index is 2.06. The number of hydrogen-bond acceptors (Lipinski definition) is 2. The molecule has 3 heteroatoms. The lowest BCUT2D eigenvalue weighted by Gasteiger charge is -2.18. The van der Waals surface area contributed by atoms with Crippen molar-refractivity contribution in [3.8, 4) is 0 Å². The van der Waals surface area contributed by atoms with Crippen LogP contribution in [0.3, 0.4) is 0 Å². The van der Waals surface area contributed by atoms with Gasteiger partial charge in [-0.15, -0.1) is 0 Å². The van der Waals surface area contributed by atoms with Gasteiger partial charge in [-0.1, -0.05) is 24.3 Å². The molecule has 0 bridgehead atoms. The first kappa shape index (κ1) is 10.5. The molecule has 1 aromatic carbocycles. The van der Waals surface area contributed by atoms with Crippen LogP contribution < -0.4 is 5.32 Å². The normalized spacial score (nSPS) is 14.6. The summed E-state index contributed by atoms with van der Waals surface area (Å²) in [6.45, 7) is 0.880. The molecule has 1 amide bonds. The summed E-state index contributed by atoms with van der Waals surface area (Å²) in [5, 5.41) is 2.86. The Kier molecular flexibility index (Phi) is 3.05. The van der Waals surface area contributed by atoms with Gasteiger partial charge >= 0.3 is 0 Å². The number of amides is 1. The largest absolute Gasteiger partial charge is 0.375 e. The number of likely N-dealkylation sites (N-methyl/N-ethyl adjacent to an activating group) is 1. The van der Waals surface area contributed by atoms with Gasteiger partial charge in [0.15, 0.2) is 0 Å². The lowest BCUT2D eigenvalue weighted by atomic mass is 10.2. The summed E-state index contributed by atoms with van der Waals surface area (Å²) in [5.74, 6) is -0.0770. The quantitative estimate of drug-likeness (QED) is 0.813. The fraction of sp³-hybridized carbons (Fsp3) is 0.154. The van der Waals surface area contributed by atoms with Gasteiger partial charge in [-0.3, -0.25) is 4.79 Å². The van der Waals surface area contributed by atoms with Crippen LogP contribution in [-0.2, 0) is 0 Å². The predicted octanol–water partition coefficient (Wildman–Crippen LogP) is 1.76. The maximum absolute atomic E-state index is 11.8. The van der Waals surface area contributed by atoms with Crippen molar-refractivity contribution in [3.05, 3.63) is 59.9 Å². The third-order valence-corrected chi connectivity index (χ3v) is 2.34. The number of benzene rings is 1. The summed E-state index contributed by atoms with van der Waals surface area (Å²) >= 11 is 0. The monoisotopic (exact) mass is 214 g/mol. The average molecular weight is 214 g/mol. The summed E-state index contributed by atoms with van der Waals surface area (Å²) < 4.78 is 0. The Labute approximate surface area is 95.1 Å². The van der Waals surface area contributed by atoms with Crippen LogP contribution in [0.4, 0.5) is 0 Å². The summed E-state index contributed by atoms with van der Waals surface area (Å²) in [6.07, 6.45) is 5.85. The average Bonchev–Trinajstić information content (AvgIpc) is 2.30. The van der Waals surface area contributed by atoms with E-state index in [1.54, 1.807) is 12.1 Å². The van der Waals surface area contributed by atoms with Gasteiger partial charge in [0.05, 0.1) is 5.70 Å². The molecule has 1 aromatic rings. The van der Waals surface area contributed by atoms with Gasteiger partial charge in [-0.05, 0) is 18.2 Å². The minimum Gasteiger partial charge on any atom is -0.375 e. The number of nitrogens with zero attached hydrogens (tertiary/aromatic N) is 1. The van der Waals surface area contributed by atoms with Crippen molar-refractivity contribution >= 4 is 5.91 Å². The third-order valence-electron chi connectivity index (χ3n) is 2.34. The van der Waals surface area contributed by atoms with Crippen molar-refractivity contribution in [3.63, 3.8) is 0 Å². The van der Waals surface area contributed by atoms with Gasteiger partial charge in [0.25, 0.3) is 5.91 Å². The van der Waals surface area contributed by atoms with Crippen molar-refractivity contribution in [2.45, 2.75) is 0 Å². The molecule has 0 atom stereocenters. The van der Waals surface area contributed by atoms with E-state index in [1.807, 2.05) is 48.5 Å². The van der Waals surface area contributed by atoms with Gasteiger partial charge in [0.1, 0.15) is 0 Å². The minimum atomic E-state index is -0.0770. The van der Waals surface area contributed by atoms with Crippen molar-refractivity contribution in [1.29, 1.82) is 0 Å². The van der Waals surface area contributed by atoms with Crippen molar-refractivity contribution in [2.24, 2.45) is 0 Å². The zero-order chi connectivity index (χ0) is 11.4. The van der Waals surface area contributed by atoms with Crippen LogP contribution in [0.1, 0.15) is 10.4 Å². The predicted molar refractivity (Wildman–Crippen MR) is 63.8 cm³/mol. The van der Waals surface area contributed by atoms with Gasteiger partial charge < -0.3 is 10.2 Å². The standard InChI is InChI=1S/C13H14N2O/c1-15-9-5-8-12(10-15)14-13(16)11-6-3-2-4-7-11/h2-8,10H,9H2,1H3,(H,14,16). The van der Waals surface area contributed by atoms with Crippen LogP contribution in [0.5, 0.6) is 0 Å². The van der Waals surface area contributed by atoms with Crippen molar-refractivity contribution in [1.82, 2.24) is 10.2 Å². The van der Waals surface area contributed by atoms with Crippen LogP contribution in [0.25, 0.3) is 0 Å². The second kappa shape index (κ2) is 4.66. The highest BCUT2D eigenvalue weighted by Crippen LogP contribution is 2.05. The number of carbonyl (C=O) groups is 1. The van der Waals surface area contributed by atoms with Crippen LogP contribution >= 0.6 is 0 Å². The molecular formula is C13H14N2O. The smallest absolute Gasteiger partial charge is 0.255 e. The second-order valence-corrected chi connectivity index (χ2v) is 3.75. The SMILES string of the molecule is CN1C=C(NC(=O)c2ccccc2)C=CC1. The van der Waals surface area contributed by atoms with Gasteiger partial charge in [-0.25, -0.2) is 0 Å². The molecule has 0 spiro atoms. The summed E-state index contributed by atoms with van der Waals surface area (Å²) in [5.41, 5.74) is 1.49. The topological polar surface area (TPSA) is 32.3 Å². The third kappa shape index (κ3) is 2.51. The number of hydrogen-bond donors (Lipinski definition) is 1. The van der Waals surface area contributed by atoms with Crippen LogP contribution in [0, 0.1) is 0 Å². The summed E-state index contributed by atoms with van der Waals surface area (Å²) in [7, 11) is 1.97. The van der Waals surface area contributed by atoms with Crippen molar-refractivity contribution in [2.75, 3.05) is 13.6 Å². The highest BCUT2D eigenvalue weighted by atomic mass is 16.1. The molecule has 82 valence electrons. The lowest BCUT2D eigenvalue weighted by molar-refractivity contribution is 0.0966. The molecule has 16 heavy (non-hydrogen) atoms. The van der Waals surface area contributed by atoms with E-state index in [2.05, 4.69) is 5.32 Å². The maximum atomic E-state index is 11.8. The lowest BCUT2D eigenvalue weighted by Crippen LogP contribution is -2.26. The Morgan fingerprint density at radius 1 is 1.31 bits per heavy atom. The molecule has 1 heterocycles. The summed E-state index contributed by atoms with van der Waals surface area (Å²) in [6, 6.07) is 9.20. The Hall–Kier alpha value is -2.03. The second-order valence-electron chi connectivity index (χ2n) is 3.75. The Morgan fingerprint density at radius 3 is 2.75 bits per heavy atom. The summed E-state index contributed by atoms with van der Waals surface area (Å²) in [4.78, 5) is 13.8. The zero-order valence-corrected chi connectivity index (χ0v) is 9.18. The molecule has 0 aliphatic carbocycles. The molecule has 0 radical (unpaired) electrons. The van der Waals surface area contributed by atoms with E-state index < -0.39 is 0 Å². The molecule has 1 N–H and O–H groups in total. The van der Waals surface area contributed by atoms with Crippen LogP contribution in [0.2, 0.25) is 0 Å². The van der Waals surface area contributed by atoms with E-state index in [1.165, 1.54) is 0 Å². The molecule has 1 aliphatic rings. The van der Waals surface area contributed by atoms with Gasteiger partial charge in [0.2, 0.25) is 0 Å². The molecule has 0 fully saturated rings. The highest BCUT2D eigenvalue weighted by Gasteiger charge is 2.07. The molecule has 3 nitrogen and oxygen atoms in total. The molecule has 0 aromatic heterocycles. The van der Waals surface area contributed by atoms with E-state index >= 15 is 0 Å². The van der Waals surface area contributed by atoms with E-state index in [0.29, 0.717) is 5.56 Å². The van der Waals surface area contributed by atoms with Gasteiger partial charge in [0, 0.05) is 25.4 Å². The number of nitrogens with one attached hydrogen (secondary N) is 1. The Morgan fingerprint density at radius 2 is 2.06 bits per heavy atom. The van der Waals surface area contributed by atoms with Gasteiger partial charge in [-0.2, -0.15) is 0 Å². The minimum absolute atomic E-state index is 0.0770. The highest BCUT2D eigenvalue weighted by molar-refractivity contribution is 5.95. The van der Waals surface area contributed by atoms with E-state index in [4.69, 9.17) is 0 Å². The first-order chi connectivity index (χ1) is 7.75. The Bertz CT molecular complexity index is 435. The maximum Gasteiger partial charge on any atom is 0.255 e. The van der Waals surface area contributed by atoms with Crippen LogP contribution in [0.15, 0.2) is 54.4 Å². The fourth-order valence-corrected chi connectivity index (χ4v) is 1.55. The van der Waals surface area contributed by atoms with E-state index in [9.17, 15) is 4.79 Å². The van der Waals surface area contributed by atoms with Crippen molar-refractivity contribution < 1.29 is 4.79 Å². The number of allylic oxidation sites excluding steroid dienone is 1. The fourth-order valence-electron chi connectivity index (χ4n) is 1.55. The van der Waals surface area contributed by atoms with E-state index in [-0.39, 0.29) is 5.91 Å². The molecule has 1 aliphatic heterocycles. The van der Waals surface area contributed by atoms with E-state index in [0.717, 1.165) is 12.2 Å². The molecular weight excluding hydrogens is 200 g/mol. The molecule has 2 rings (SSSR count). The number of rotatable bonds is 2.